The van der Waals surface area contributed by atoms with Gasteiger partial charge in [0, 0.05) is 36.6 Å². The number of carbonyl (C=O) groups is 2. The van der Waals surface area contributed by atoms with Crippen molar-refractivity contribution in [3.05, 3.63) is 47.8 Å². The average Bonchev–Trinajstić information content (AvgIpc) is 3.31. The van der Waals surface area contributed by atoms with Crippen LogP contribution in [0.3, 0.4) is 0 Å². The normalized spacial score (nSPS) is 16.2. The molecule has 188 valence electrons. The lowest BCUT2D eigenvalue weighted by atomic mass is 10.1. The molecule has 0 atom stereocenters. The van der Waals surface area contributed by atoms with Crippen LogP contribution < -0.4 is 15.4 Å². The molecule has 2 aliphatic rings. The van der Waals surface area contributed by atoms with E-state index in [9.17, 15) is 9.59 Å². The second-order valence-electron chi connectivity index (χ2n) is 8.48. The topological polar surface area (TPSA) is 128 Å². The summed E-state index contributed by atoms with van der Waals surface area (Å²) in [5, 5.41) is 15.0. The van der Waals surface area contributed by atoms with Gasteiger partial charge in [0.2, 0.25) is 11.0 Å². The molecule has 2 aliphatic heterocycles. The second-order valence-corrected chi connectivity index (χ2v) is 9.46. The van der Waals surface area contributed by atoms with E-state index < -0.39 is 0 Å². The minimum atomic E-state index is -0.372. The number of nitrogens with one attached hydrogen (secondary N) is 2. The van der Waals surface area contributed by atoms with Gasteiger partial charge in [0.15, 0.2) is 5.01 Å². The SMILES string of the molecule is Cc1ccncc1-c1nnc(NC(=O)c2ccc(OC3COC3)c(NC(=O)CN3CCOCC3)c2)s1. The quantitative estimate of drug-likeness (QED) is 0.469. The summed E-state index contributed by atoms with van der Waals surface area (Å²) in [5.41, 5.74) is 2.66. The summed E-state index contributed by atoms with van der Waals surface area (Å²) in [4.78, 5) is 31.9. The predicted octanol–water partition coefficient (Wildman–Crippen LogP) is 2.21. The van der Waals surface area contributed by atoms with Gasteiger partial charge in [-0.3, -0.25) is 24.8 Å². The van der Waals surface area contributed by atoms with Gasteiger partial charge in [0.25, 0.3) is 5.91 Å². The third-order valence-corrected chi connectivity index (χ3v) is 6.67. The number of morpholine rings is 1. The molecule has 2 fully saturated rings. The number of hydrogen-bond acceptors (Lipinski definition) is 10. The summed E-state index contributed by atoms with van der Waals surface area (Å²) in [6, 6.07) is 6.83. The van der Waals surface area contributed by atoms with Gasteiger partial charge in [-0.25, -0.2) is 0 Å². The summed E-state index contributed by atoms with van der Waals surface area (Å²) in [6.07, 6.45) is 3.35. The highest BCUT2D eigenvalue weighted by Crippen LogP contribution is 2.30. The fourth-order valence-electron chi connectivity index (χ4n) is 3.73. The van der Waals surface area contributed by atoms with E-state index in [4.69, 9.17) is 14.2 Å². The zero-order valence-corrected chi connectivity index (χ0v) is 20.5. The highest BCUT2D eigenvalue weighted by molar-refractivity contribution is 7.18. The van der Waals surface area contributed by atoms with Crippen LogP contribution in [0, 0.1) is 6.92 Å². The molecule has 1 aromatic carbocycles. The molecule has 0 radical (unpaired) electrons. The monoisotopic (exact) mass is 510 g/mol. The molecule has 11 nitrogen and oxygen atoms in total. The molecule has 36 heavy (non-hydrogen) atoms. The van der Waals surface area contributed by atoms with Crippen molar-refractivity contribution in [2.75, 3.05) is 56.7 Å². The predicted molar refractivity (Wildman–Crippen MR) is 133 cm³/mol. The standard InChI is InChI=1S/C24H26N6O5S/c1-15-4-5-25-11-18(15)23-28-29-24(36-23)27-22(32)16-2-3-20(35-17-13-34-14-17)19(10-16)26-21(31)12-30-6-8-33-9-7-30/h2-5,10-11,17H,6-9,12-14H2,1H3,(H,26,31)(H,27,29,32). The van der Waals surface area contributed by atoms with E-state index in [1.54, 1.807) is 30.6 Å². The maximum atomic E-state index is 13.0. The van der Waals surface area contributed by atoms with Crippen molar-refractivity contribution in [1.29, 1.82) is 0 Å². The molecule has 0 spiro atoms. The second kappa shape index (κ2) is 11.1. The van der Waals surface area contributed by atoms with Crippen LogP contribution in [-0.2, 0) is 14.3 Å². The molecule has 0 unspecified atom stereocenters. The number of ether oxygens (including phenoxy) is 3. The number of carbonyl (C=O) groups excluding carboxylic acids is 2. The number of rotatable bonds is 8. The number of aromatic nitrogens is 3. The van der Waals surface area contributed by atoms with E-state index in [0.29, 0.717) is 66.7 Å². The number of pyridine rings is 1. The van der Waals surface area contributed by atoms with E-state index in [0.717, 1.165) is 11.1 Å². The van der Waals surface area contributed by atoms with Crippen LogP contribution in [0.15, 0.2) is 36.7 Å². The van der Waals surface area contributed by atoms with Crippen molar-refractivity contribution in [2.24, 2.45) is 0 Å². The zero-order valence-electron chi connectivity index (χ0n) is 19.7. The first-order valence-corrected chi connectivity index (χ1v) is 12.4. The average molecular weight is 511 g/mol. The van der Waals surface area contributed by atoms with Gasteiger partial charge in [-0.15, -0.1) is 10.2 Å². The molecule has 12 heteroatoms. The zero-order chi connectivity index (χ0) is 24.9. The Labute approximate surface area is 211 Å². The van der Waals surface area contributed by atoms with Crippen LogP contribution in [0.5, 0.6) is 5.75 Å². The number of nitrogens with zero attached hydrogens (tertiary/aromatic N) is 4. The molecule has 0 bridgehead atoms. The van der Waals surface area contributed by atoms with E-state index in [1.807, 2.05) is 17.9 Å². The number of anilines is 2. The largest absolute Gasteiger partial charge is 0.483 e. The minimum absolute atomic E-state index is 0.0877. The van der Waals surface area contributed by atoms with Crippen LogP contribution in [0.25, 0.3) is 10.6 Å². The molecule has 0 saturated carbocycles. The highest BCUT2D eigenvalue weighted by atomic mass is 32.1. The summed E-state index contributed by atoms with van der Waals surface area (Å²) in [5.74, 6) is -0.0759. The van der Waals surface area contributed by atoms with Gasteiger partial charge in [0.1, 0.15) is 11.9 Å². The first kappa shape index (κ1) is 24.3. The van der Waals surface area contributed by atoms with Gasteiger partial charge in [-0.05, 0) is 36.8 Å². The van der Waals surface area contributed by atoms with E-state index in [-0.39, 0.29) is 24.5 Å². The molecular formula is C24H26N6O5S. The molecule has 2 N–H and O–H groups in total. The summed E-state index contributed by atoms with van der Waals surface area (Å²) in [7, 11) is 0. The number of aryl methyl sites for hydroxylation is 1. The number of amides is 2. The lowest BCUT2D eigenvalue weighted by Gasteiger charge is -2.28. The molecule has 0 aliphatic carbocycles. The van der Waals surface area contributed by atoms with E-state index >= 15 is 0 Å². The van der Waals surface area contributed by atoms with Gasteiger partial charge >= 0.3 is 0 Å². The Morgan fingerprint density at radius 2 is 1.97 bits per heavy atom. The van der Waals surface area contributed by atoms with Gasteiger partial charge in [-0.1, -0.05) is 11.3 Å². The third-order valence-electron chi connectivity index (χ3n) is 5.80. The lowest BCUT2D eigenvalue weighted by Crippen LogP contribution is -2.41. The Morgan fingerprint density at radius 1 is 1.14 bits per heavy atom. The van der Waals surface area contributed by atoms with Crippen LogP contribution in [0.4, 0.5) is 10.8 Å². The maximum Gasteiger partial charge on any atom is 0.257 e. The van der Waals surface area contributed by atoms with Crippen molar-refractivity contribution in [3.63, 3.8) is 0 Å². The van der Waals surface area contributed by atoms with Crippen LogP contribution in [0.1, 0.15) is 15.9 Å². The Bertz CT molecular complexity index is 1240. The van der Waals surface area contributed by atoms with Crippen molar-refractivity contribution >= 4 is 34.0 Å². The molecule has 2 saturated heterocycles. The fraction of sp³-hybridized carbons (Fsp3) is 0.375. The Balaban J connectivity index is 1.30. The van der Waals surface area contributed by atoms with Crippen LogP contribution in [0.2, 0.25) is 0 Å². The summed E-state index contributed by atoms with van der Waals surface area (Å²) in [6.45, 7) is 5.76. The summed E-state index contributed by atoms with van der Waals surface area (Å²) < 4.78 is 16.5. The smallest absolute Gasteiger partial charge is 0.257 e. The third kappa shape index (κ3) is 5.85. The number of benzene rings is 1. The van der Waals surface area contributed by atoms with Crippen molar-refractivity contribution in [3.8, 4) is 16.3 Å². The first-order chi connectivity index (χ1) is 17.5. The molecule has 2 amide bonds. The Morgan fingerprint density at radius 3 is 2.72 bits per heavy atom. The molecule has 3 aromatic rings. The van der Waals surface area contributed by atoms with Gasteiger partial charge in [0.05, 0.1) is 38.7 Å². The molecule has 5 rings (SSSR count). The highest BCUT2D eigenvalue weighted by Gasteiger charge is 2.23. The van der Waals surface area contributed by atoms with Crippen molar-refractivity contribution in [2.45, 2.75) is 13.0 Å². The van der Waals surface area contributed by atoms with E-state index in [1.165, 1.54) is 11.3 Å². The molecule has 4 heterocycles. The van der Waals surface area contributed by atoms with E-state index in [2.05, 4.69) is 25.8 Å². The Kier molecular flexibility index (Phi) is 7.47. The molecule has 2 aromatic heterocycles. The van der Waals surface area contributed by atoms with Crippen molar-refractivity contribution < 1.29 is 23.8 Å². The lowest BCUT2D eigenvalue weighted by molar-refractivity contribution is -0.118. The van der Waals surface area contributed by atoms with Gasteiger partial charge < -0.3 is 19.5 Å². The first-order valence-electron chi connectivity index (χ1n) is 11.6. The fourth-order valence-corrected chi connectivity index (χ4v) is 4.54. The van der Waals surface area contributed by atoms with Crippen LogP contribution >= 0.6 is 11.3 Å². The Hall–Kier alpha value is -3.45. The maximum absolute atomic E-state index is 13.0. The minimum Gasteiger partial charge on any atom is -0.483 e. The van der Waals surface area contributed by atoms with Crippen molar-refractivity contribution in [1.82, 2.24) is 20.1 Å². The van der Waals surface area contributed by atoms with Gasteiger partial charge in [-0.2, -0.15) is 0 Å². The van der Waals surface area contributed by atoms with Crippen LogP contribution in [-0.4, -0.2) is 84.1 Å². The number of hydrogen-bond donors (Lipinski definition) is 2. The molecular weight excluding hydrogens is 484 g/mol. The summed E-state index contributed by atoms with van der Waals surface area (Å²) >= 11 is 1.26.